The molecule has 2 heterocycles. The SMILES string of the molecule is CCn1c(SCC(=O)Nc2cccc(Cl)c2)nc2c(-c3ccc(C)cc3)nsc2c1=O. The van der Waals surface area contributed by atoms with Crippen molar-refractivity contribution in [2.75, 3.05) is 11.1 Å². The van der Waals surface area contributed by atoms with Gasteiger partial charge in [0, 0.05) is 22.8 Å². The number of hydrogen-bond acceptors (Lipinski definition) is 6. The zero-order valence-electron chi connectivity index (χ0n) is 16.9. The fourth-order valence-corrected chi connectivity index (χ4v) is 4.92. The first-order valence-corrected chi connectivity index (χ1v) is 11.8. The largest absolute Gasteiger partial charge is 0.325 e. The Bertz CT molecular complexity index is 1320. The van der Waals surface area contributed by atoms with Crippen molar-refractivity contribution in [1.82, 2.24) is 13.9 Å². The van der Waals surface area contributed by atoms with Crippen molar-refractivity contribution >= 4 is 56.7 Å². The summed E-state index contributed by atoms with van der Waals surface area (Å²) in [5, 5.41) is 3.85. The van der Waals surface area contributed by atoms with Gasteiger partial charge in [-0.2, -0.15) is 4.37 Å². The quantitative estimate of drug-likeness (QED) is 0.308. The van der Waals surface area contributed by atoms with E-state index in [9.17, 15) is 9.59 Å². The number of aryl methyl sites for hydroxylation is 1. The Morgan fingerprint density at radius 2 is 2.00 bits per heavy atom. The number of carbonyl (C=O) groups is 1. The van der Waals surface area contributed by atoms with Crippen LogP contribution in [-0.4, -0.2) is 25.6 Å². The molecule has 0 fully saturated rings. The van der Waals surface area contributed by atoms with Crippen LogP contribution in [0.4, 0.5) is 5.69 Å². The predicted octanol–water partition coefficient (Wildman–Crippen LogP) is 5.23. The molecular formula is C22H19ClN4O2S2. The summed E-state index contributed by atoms with van der Waals surface area (Å²) in [6.45, 7) is 4.36. The molecule has 0 atom stereocenters. The molecule has 0 aliphatic rings. The number of hydrogen-bond donors (Lipinski definition) is 1. The second-order valence-corrected chi connectivity index (χ2v) is 9.02. The first-order valence-electron chi connectivity index (χ1n) is 9.61. The number of amides is 1. The van der Waals surface area contributed by atoms with Gasteiger partial charge in [0.25, 0.3) is 5.56 Å². The molecule has 2 aromatic heterocycles. The van der Waals surface area contributed by atoms with Crippen LogP contribution in [0.3, 0.4) is 0 Å². The summed E-state index contributed by atoms with van der Waals surface area (Å²) in [6, 6.07) is 14.9. The lowest BCUT2D eigenvalue weighted by atomic mass is 10.1. The van der Waals surface area contributed by atoms with Gasteiger partial charge in [0.15, 0.2) is 5.16 Å². The molecule has 2 aromatic carbocycles. The van der Waals surface area contributed by atoms with Crippen molar-refractivity contribution in [3.8, 4) is 11.3 Å². The normalized spacial score (nSPS) is 11.1. The first kappa shape index (κ1) is 21.5. The number of thioether (sulfide) groups is 1. The van der Waals surface area contributed by atoms with E-state index in [-0.39, 0.29) is 17.2 Å². The van der Waals surface area contributed by atoms with Crippen LogP contribution in [0.25, 0.3) is 21.5 Å². The lowest BCUT2D eigenvalue weighted by molar-refractivity contribution is -0.113. The molecule has 0 bridgehead atoms. The van der Waals surface area contributed by atoms with E-state index in [1.807, 2.05) is 38.1 Å². The lowest BCUT2D eigenvalue weighted by Gasteiger charge is -2.10. The van der Waals surface area contributed by atoms with Crippen LogP contribution in [0.15, 0.2) is 58.5 Å². The highest BCUT2D eigenvalue weighted by molar-refractivity contribution is 7.99. The number of nitrogens with one attached hydrogen (secondary N) is 1. The number of benzene rings is 2. The Hall–Kier alpha value is -2.68. The smallest absolute Gasteiger partial charge is 0.273 e. The summed E-state index contributed by atoms with van der Waals surface area (Å²) in [5.41, 5.74) is 3.80. The molecule has 0 saturated heterocycles. The van der Waals surface area contributed by atoms with E-state index < -0.39 is 0 Å². The van der Waals surface area contributed by atoms with E-state index in [2.05, 4.69) is 9.69 Å². The number of rotatable bonds is 6. The minimum atomic E-state index is -0.202. The van der Waals surface area contributed by atoms with Gasteiger partial charge in [-0.05, 0) is 43.6 Å². The molecule has 0 spiro atoms. The van der Waals surface area contributed by atoms with E-state index >= 15 is 0 Å². The third kappa shape index (κ3) is 4.66. The highest BCUT2D eigenvalue weighted by atomic mass is 35.5. The number of carbonyl (C=O) groups excluding carboxylic acids is 1. The molecule has 4 rings (SSSR count). The first-order chi connectivity index (χ1) is 15.0. The van der Waals surface area contributed by atoms with Crippen molar-refractivity contribution in [2.24, 2.45) is 0 Å². The summed E-state index contributed by atoms with van der Waals surface area (Å²) in [6.07, 6.45) is 0. The van der Waals surface area contributed by atoms with Crippen molar-refractivity contribution in [2.45, 2.75) is 25.5 Å². The van der Waals surface area contributed by atoms with Crippen LogP contribution in [-0.2, 0) is 11.3 Å². The molecule has 158 valence electrons. The third-order valence-electron chi connectivity index (χ3n) is 4.63. The van der Waals surface area contributed by atoms with Crippen LogP contribution < -0.4 is 10.9 Å². The molecule has 1 N–H and O–H groups in total. The van der Waals surface area contributed by atoms with Crippen molar-refractivity contribution in [1.29, 1.82) is 0 Å². The molecule has 0 unspecified atom stereocenters. The zero-order valence-corrected chi connectivity index (χ0v) is 19.3. The third-order valence-corrected chi connectivity index (χ3v) is 6.66. The van der Waals surface area contributed by atoms with E-state index in [0.717, 1.165) is 22.7 Å². The van der Waals surface area contributed by atoms with Gasteiger partial charge in [0.1, 0.15) is 15.9 Å². The Balaban J connectivity index is 1.63. The number of aromatic nitrogens is 3. The Labute approximate surface area is 192 Å². The Morgan fingerprint density at radius 3 is 2.71 bits per heavy atom. The summed E-state index contributed by atoms with van der Waals surface area (Å²) < 4.78 is 6.60. The minimum Gasteiger partial charge on any atom is -0.325 e. The number of halogens is 1. The second-order valence-electron chi connectivity index (χ2n) is 6.87. The average Bonchev–Trinajstić information content (AvgIpc) is 3.17. The molecule has 0 radical (unpaired) electrons. The van der Waals surface area contributed by atoms with Crippen LogP contribution in [0, 0.1) is 6.92 Å². The Kier molecular flexibility index (Phi) is 6.41. The van der Waals surface area contributed by atoms with E-state index in [0.29, 0.717) is 38.3 Å². The maximum Gasteiger partial charge on any atom is 0.273 e. The topological polar surface area (TPSA) is 76.9 Å². The van der Waals surface area contributed by atoms with Crippen LogP contribution in [0.2, 0.25) is 5.02 Å². The van der Waals surface area contributed by atoms with Gasteiger partial charge in [-0.1, -0.05) is 59.3 Å². The van der Waals surface area contributed by atoms with E-state index in [4.69, 9.17) is 16.6 Å². The summed E-state index contributed by atoms with van der Waals surface area (Å²) in [7, 11) is 0. The number of anilines is 1. The second kappa shape index (κ2) is 9.21. The average molecular weight is 471 g/mol. The van der Waals surface area contributed by atoms with E-state index in [1.54, 1.807) is 28.8 Å². The van der Waals surface area contributed by atoms with Gasteiger partial charge >= 0.3 is 0 Å². The van der Waals surface area contributed by atoms with Crippen molar-refractivity contribution in [3.63, 3.8) is 0 Å². The van der Waals surface area contributed by atoms with Crippen LogP contribution in [0.1, 0.15) is 12.5 Å². The highest BCUT2D eigenvalue weighted by Crippen LogP contribution is 2.29. The molecule has 6 nitrogen and oxygen atoms in total. The molecule has 31 heavy (non-hydrogen) atoms. The summed E-state index contributed by atoms with van der Waals surface area (Å²) in [4.78, 5) is 30.2. The molecule has 9 heteroatoms. The van der Waals surface area contributed by atoms with Crippen molar-refractivity contribution in [3.05, 3.63) is 69.5 Å². The molecule has 1 amide bonds. The minimum absolute atomic E-state index is 0.113. The fourth-order valence-electron chi connectivity index (χ4n) is 3.08. The van der Waals surface area contributed by atoms with Crippen molar-refractivity contribution < 1.29 is 4.79 Å². The maximum absolute atomic E-state index is 13.0. The maximum atomic E-state index is 13.0. The zero-order chi connectivity index (χ0) is 22.0. The predicted molar refractivity (Wildman–Crippen MR) is 128 cm³/mol. The molecule has 0 saturated carbocycles. The van der Waals surface area contributed by atoms with Crippen LogP contribution >= 0.6 is 34.9 Å². The molecular weight excluding hydrogens is 452 g/mol. The van der Waals surface area contributed by atoms with Gasteiger partial charge in [0.05, 0.1) is 5.75 Å². The van der Waals surface area contributed by atoms with E-state index in [1.165, 1.54) is 11.8 Å². The van der Waals surface area contributed by atoms with Gasteiger partial charge < -0.3 is 5.32 Å². The summed E-state index contributed by atoms with van der Waals surface area (Å²) >= 11 is 8.35. The standard InChI is InChI=1S/C22H19ClN4O2S2/c1-3-27-21(29)20-19(18(26-31-20)14-9-7-13(2)8-10-14)25-22(27)30-12-17(28)24-16-6-4-5-15(23)11-16/h4-11H,3,12H2,1-2H3,(H,24,28). The lowest BCUT2D eigenvalue weighted by Crippen LogP contribution is -2.22. The number of nitrogens with zero attached hydrogens (tertiary/aromatic N) is 3. The highest BCUT2D eigenvalue weighted by Gasteiger charge is 2.18. The fraction of sp³-hybridized carbons (Fsp3) is 0.182. The Morgan fingerprint density at radius 1 is 1.23 bits per heavy atom. The molecule has 0 aliphatic heterocycles. The van der Waals surface area contributed by atoms with Gasteiger partial charge in [-0.15, -0.1) is 0 Å². The summed E-state index contributed by atoms with van der Waals surface area (Å²) in [5.74, 6) is -0.0894. The number of fused-ring (bicyclic) bond motifs is 1. The monoisotopic (exact) mass is 470 g/mol. The van der Waals surface area contributed by atoms with Gasteiger partial charge in [-0.25, -0.2) is 4.98 Å². The molecule has 0 aliphatic carbocycles. The van der Waals surface area contributed by atoms with Gasteiger partial charge in [0.2, 0.25) is 5.91 Å². The van der Waals surface area contributed by atoms with Crippen LogP contribution in [0.5, 0.6) is 0 Å². The van der Waals surface area contributed by atoms with Gasteiger partial charge in [-0.3, -0.25) is 14.2 Å². The molecule has 4 aromatic rings.